The average molecular weight is 420 g/mol. The van der Waals surface area contributed by atoms with Gasteiger partial charge in [0.1, 0.15) is 6.04 Å². The van der Waals surface area contributed by atoms with Gasteiger partial charge in [0.2, 0.25) is 11.8 Å². The summed E-state index contributed by atoms with van der Waals surface area (Å²) >= 11 is 0. The van der Waals surface area contributed by atoms with Crippen LogP contribution in [0.4, 0.5) is 5.69 Å². The second-order valence-electron chi connectivity index (χ2n) is 9.29. The lowest BCUT2D eigenvalue weighted by Crippen LogP contribution is -2.53. The van der Waals surface area contributed by atoms with Gasteiger partial charge in [0.25, 0.3) is 0 Å². The normalized spacial score (nSPS) is 20.6. The molecule has 31 heavy (non-hydrogen) atoms. The fourth-order valence-corrected chi connectivity index (χ4v) is 4.72. The lowest BCUT2D eigenvalue weighted by atomic mass is 9.92. The molecule has 0 spiro atoms. The first kappa shape index (κ1) is 21.4. The highest BCUT2D eigenvalue weighted by Gasteiger charge is 2.35. The number of para-hydroxylation sites is 1. The number of hydrogen-bond acceptors (Lipinski definition) is 3. The van der Waals surface area contributed by atoms with Crippen molar-refractivity contribution in [3.63, 3.8) is 0 Å². The van der Waals surface area contributed by atoms with Gasteiger partial charge in [-0.1, -0.05) is 56.3 Å². The zero-order valence-electron chi connectivity index (χ0n) is 18.6. The van der Waals surface area contributed by atoms with Crippen molar-refractivity contribution in [2.75, 3.05) is 24.5 Å². The van der Waals surface area contributed by atoms with E-state index in [4.69, 9.17) is 0 Å². The van der Waals surface area contributed by atoms with Crippen molar-refractivity contribution in [2.24, 2.45) is 11.8 Å². The molecule has 5 nitrogen and oxygen atoms in total. The molecule has 2 unspecified atom stereocenters. The third-order valence-corrected chi connectivity index (χ3v) is 6.43. The summed E-state index contributed by atoms with van der Waals surface area (Å²) in [5.41, 5.74) is 3.57. The Labute approximate surface area is 185 Å². The van der Waals surface area contributed by atoms with E-state index in [0.717, 1.165) is 25.1 Å². The number of fused-ring (bicyclic) bond motifs is 1. The van der Waals surface area contributed by atoms with Crippen LogP contribution in [-0.2, 0) is 22.6 Å². The van der Waals surface area contributed by atoms with Gasteiger partial charge < -0.3 is 15.1 Å². The van der Waals surface area contributed by atoms with E-state index in [0.29, 0.717) is 31.8 Å². The summed E-state index contributed by atoms with van der Waals surface area (Å²) in [7, 11) is 0. The molecule has 0 bridgehead atoms. The minimum absolute atomic E-state index is 0.0234. The number of nitrogens with one attached hydrogen (secondary N) is 1. The number of amides is 2. The topological polar surface area (TPSA) is 52.7 Å². The van der Waals surface area contributed by atoms with E-state index in [2.05, 4.69) is 46.6 Å². The van der Waals surface area contributed by atoms with E-state index in [-0.39, 0.29) is 17.7 Å². The largest absolute Gasteiger partial charge is 0.371 e. The molecular weight excluding hydrogens is 386 g/mol. The molecule has 0 saturated carbocycles. The number of rotatable bonds is 6. The summed E-state index contributed by atoms with van der Waals surface area (Å²) in [5.74, 6) is 0.751. The molecule has 0 aliphatic carbocycles. The standard InChI is InChI=1S/C26H33N3O2/c1-19(2)14-25(30)29-18-22-9-7-6-8-21(22)15-24(29)26(31)27-16-20-12-13-28(17-20)23-10-4-3-5-11-23/h3-11,19-20,24H,12-18H2,1-2H3,(H,27,31). The number of benzene rings is 2. The van der Waals surface area contributed by atoms with Crippen LogP contribution in [0.25, 0.3) is 0 Å². The van der Waals surface area contributed by atoms with Crippen LogP contribution in [0.5, 0.6) is 0 Å². The molecule has 2 atom stereocenters. The minimum atomic E-state index is -0.423. The van der Waals surface area contributed by atoms with E-state index in [9.17, 15) is 9.59 Å². The molecule has 164 valence electrons. The minimum Gasteiger partial charge on any atom is -0.371 e. The fraction of sp³-hybridized carbons (Fsp3) is 0.462. The van der Waals surface area contributed by atoms with Gasteiger partial charge in [0.15, 0.2) is 0 Å². The number of anilines is 1. The Morgan fingerprint density at radius 3 is 2.48 bits per heavy atom. The highest BCUT2D eigenvalue weighted by molar-refractivity contribution is 5.88. The molecule has 2 aliphatic heterocycles. The monoisotopic (exact) mass is 419 g/mol. The summed E-state index contributed by atoms with van der Waals surface area (Å²) < 4.78 is 0. The fourth-order valence-electron chi connectivity index (χ4n) is 4.72. The van der Waals surface area contributed by atoms with Gasteiger partial charge in [0, 0.05) is 44.7 Å². The van der Waals surface area contributed by atoms with Crippen LogP contribution < -0.4 is 10.2 Å². The summed E-state index contributed by atoms with van der Waals surface area (Å²) in [6.45, 7) is 7.23. The van der Waals surface area contributed by atoms with Crippen molar-refractivity contribution in [2.45, 2.75) is 45.7 Å². The van der Waals surface area contributed by atoms with E-state index in [1.165, 1.54) is 11.3 Å². The highest BCUT2D eigenvalue weighted by atomic mass is 16.2. The van der Waals surface area contributed by atoms with Crippen LogP contribution in [0.1, 0.15) is 37.8 Å². The predicted octanol–water partition coefficient (Wildman–Crippen LogP) is 3.63. The highest BCUT2D eigenvalue weighted by Crippen LogP contribution is 2.26. The molecule has 4 rings (SSSR count). The smallest absolute Gasteiger partial charge is 0.243 e. The maximum atomic E-state index is 13.2. The van der Waals surface area contributed by atoms with Crippen molar-refractivity contribution in [3.8, 4) is 0 Å². The summed E-state index contributed by atoms with van der Waals surface area (Å²) in [4.78, 5) is 30.3. The number of nitrogens with zero attached hydrogens (tertiary/aromatic N) is 2. The van der Waals surface area contributed by atoms with Crippen LogP contribution in [-0.4, -0.2) is 42.4 Å². The van der Waals surface area contributed by atoms with Crippen molar-refractivity contribution in [3.05, 3.63) is 65.7 Å². The van der Waals surface area contributed by atoms with E-state index in [1.54, 1.807) is 4.90 Å². The lowest BCUT2D eigenvalue weighted by Gasteiger charge is -2.36. The van der Waals surface area contributed by atoms with Gasteiger partial charge in [-0.15, -0.1) is 0 Å². The maximum Gasteiger partial charge on any atom is 0.243 e. The lowest BCUT2D eigenvalue weighted by molar-refractivity contribution is -0.142. The van der Waals surface area contributed by atoms with Crippen molar-refractivity contribution < 1.29 is 9.59 Å². The second-order valence-corrected chi connectivity index (χ2v) is 9.29. The maximum absolute atomic E-state index is 13.2. The van der Waals surface area contributed by atoms with Gasteiger partial charge in [-0.3, -0.25) is 9.59 Å². The molecule has 2 heterocycles. The molecule has 1 saturated heterocycles. The molecule has 1 fully saturated rings. The molecule has 2 aromatic rings. The molecular formula is C26H33N3O2. The zero-order chi connectivity index (χ0) is 21.8. The summed E-state index contributed by atoms with van der Waals surface area (Å²) in [5, 5.41) is 3.18. The molecule has 5 heteroatoms. The third kappa shape index (κ3) is 5.09. The first-order valence-corrected chi connectivity index (χ1v) is 11.4. The first-order valence-electron chi connectivity index (χ1n) is 11.4. The quantitative estimate of drug-likeness (QED) is 0.778. The SMILES string of the molecule is CC(C)CC(=O)N1Cc2ccccc2CC1C(=O)NCC1CCN(c2ccccc2)C1. The Morgan fingerprint density at radius 2 is 1.74 bits per heavy atom. The van der Waals surface area contributed by atoms with Gasteiger partial charge >= 0.3 is 0 Å². The van der Waals surface area contributed by atoms with Crippen LogP contribution in [0.15, 0.2) is 54.6 Å². The first-order chi connectivity index (χ1) is 15.0. The Bertz CT molecular complexity index is 912. The average Bonchev–Trinajstić information content (AvgIpc) is 3.26. The van der Waals surface area contributed by atoms with E-state index in [1.807, 2.05) is 32.0 Å². The number of hydrogen-bond donors (Lipinski definition) is 1. The van der Waals surface area contributed by atoms with Gasteiger partial charge in [-0.2, -0.15) is 0 Å². The van der Waals surface area contributed by atoms with Crippen LogP contribution in [0.2, 0.25) is 0 Å². The molecule has 0 aromatic heterocycles. The summed E-state index contributed by atoms with van der Waals surface area (Å²) in [6, 6.07) is 18.2. The predicted molar refractivity (Wildman–Crippen MR) is 124 cm³/mol. The zero-order valence-corrected chi connectivity index (χ0v) is 18.6. The molecule has 0 radical (unpaired) electrons. The van der Waals surface area contributed by atoms with E-state index >= 15 is 0 Å². The Kier molecular flexibility index (Phi) is 6.59. The van der Waals surface area contributed by atoms with Crippen LogP contribution in [0.3, 0.4) is 0 Å². The Morgan fingerprint density at radius 1 is 1.03 bits per heavy atom. The van der Waals surface area contributed by atoms with Gasteiger partial charge in [0.05, 0.1) is 0 Å². The summed E-state index contributed by atoms with van der Waals surface area (Å²) in [6.07, 6.45) is 2.13. The second kappa shape index (κ2) is 9.54. The number of carbonyl (C=O) groups excluding carboxylic acids is 2. The van der Waals surface area contributed by atoms with E-state index < -0.39 is 6.04 Å². The third-order valence-electron chi connectivity index (χ3n) is 6.43. The van der Waals surface area contributed by atoms with Gasteiger partial charge in [-0.25, -0.2) is 0 Å². The molecule has 2 amide bonds. The molecule has 2 aromatic carbocycles. The Hall–Kier alpha value is -2.82. The van der Waals surface area contributed by atoms with Gasteiger partial charge in [-0.05, 0) is 41.5 Å². The van der Waals surface area contributed by atoms with Crippen molar-refractivity contribution in [1.82, 2.24) is 10.2 Å². The Balaban J connectivity index is 1.39. The van der Waals surface area contributed by atoms with Crippen molar-refractivity contribution >= 4 is 17.5 Å². The van der Waals surface area contributed by atoms with Crippen LogP contribution >= 0.6 is 0 Å². The van der Waals surface area contributed by atoms with Crippen LogP contribution in [0, 0.1) is 11.8 Å². The molecule has 1 N–H and O–H groups in total. The van der Waals surface area contributed by atoms with Crippen molar-refractivity contribution in [1.29, 1.82) is 0 Å². The molecule has 2 aliphatic rings. The number of carbonyl (C=O) groups is 2.